The zero-order chi connectivity index (χ0) is 28.0. The Labute approximate surface area is 241 Å². The van der Waals surface area contributed by atoms with E-state index in [1.165, 1.54) is 24.1 Å². The fourth-order valence-electron chi connectivity index (χ4n) is 5.78. The van der Waals surface area contributed by atoms with Crippen LogP contribution in [0.5, 0.6) is 5.75 Å². The van der Waals surface area contributed by atoms with Crippen molar-refractivity contribution in [1.29, 1.82) is 0 Å². The molecule has 2 saturated heterocycles. The second-order valence-corrected chi connectivity index (χ2v) is 11.2. The van der Waals surface area contributed by atoms with E-state index in [-0.39, 0.29) is 6.61 Å². The highest BCUT2D eigenvalue weighted by molar-refractivity contribution is 5.46. The Morgan fingerprint density at radius 2 is 1.45 bits per heavy atom. The molecule has 222 valence electrons. The monoisotopic (exact) mass is 553 g/mol. The quantitative estimate of drug-likeness (QED) is 0.274. The molecule has 0 saturated carbocycles. The maximum Gasteiger partial charge on any atom is 0.119 e. The van der Waals surface area contributed by atoms with Crippen molar-refractivity contribution in [3.05, 3.63) is 60.2 Å². The Morgan fingerprint density at radius 3 is 2.10 bits per heavy atom. The molecule has 4 rings (SSSR count). The van der Waals surface area contributed by atoms with Gasteiger partial charge in [0.15, 0.2) is 0 Å². The van der Waals surface area contributed by atoms with Crippen LogP contribution < -0.4 is 15.0 Å². The number of aliphatic hydroxyl groups is 2. The third-order valence-electron chi connectivity index (χ3n) is 8.27. The third-order valence-corrected chi connectivity index (χ3v) is 8.27. The fourth-order valence-corrected chi connectivity index (χ4v) is 5.78. The smallest absolute Gasteiger partial charge is 0.119 e. The summed E-state index contributed by atoms with van der Waals surface area (Å²) in [5.41, 5.74) is 2.56. The van der Waals surface area contributed by atoms with Crippen molar-refractivity contribution in [1.82, 2.24) is 20.0 Å². The summed E-state index contributed by atoms with van der Waals surface area (Å²) in [6, 6.07) is 19.2. The molecule has 2 fully saturated rings. The lowest BCUT2D eigenvalue weighted by Gasteiger charge is -2.36. The van der Waals surface area contributed by atoms with E-state index in [9.17, 15) is 5.11 Å². The van der Waals surface area contributed by atoms with E-state index in [1.54, 1.807) is 0 Å². The molecule has 2 atom stereocenters. The molecule has 2 aliphatic rings. The first-order chi connectivity index (χ1) is 19.6. The van der Waals surface area contributed by atoms with Gasteiger partial charge in [0, 0.05) is 77.2 Å². The molecule has 40 heavy (non-hydrogen) atoms. The maximum absolute atomic E-state index is 10.6. The SMILES string of the molecule is CCC(NCCCCN1CCN(CCO)CC1)c1ccc(OCC(O)CN2CCN(c3ccccc3)CC2)cc1. The number of anilines is 1. The van der Waals surface area contributed by atoms with E-state index in [0.717, 1.165) is 84.2 Å². The summed E-state index contributed by atoms with van der Waals surface area (Å²) >= 11 is 0. The summed E-state index contributed by atoms with van der Waals surface area (Å²) in [5, 5.41) is 23.4. The van der Waals surface area contributed by atoms with Crippen LogP contribution >= 0.6 is 0 Å². The second-order valence-electron chi connectivity index (χ2n) is 11.2. The van der Waals surface area contributed by atoms with Crippen LogP contribution in [0.2, 0.25) is 0 Å². The van der Waals surface area contributed by atoms with Gasteiger partial charge in [-0.15, -0.1) is 0 Å². The zero-order valence-electron chi connectivity index (χ0n) is 24.5. The second kappa shape index (κ2) is 16.9. The van der Waals surface area contributed by atoms with Crippen molar-refractivity contribution in [2.75, 3.05) is 96.7 Å². The van der Waals surface area contributed by atoms with Gasteiger partial charge >= 0.3 is 0 Å². The van der Waals surface area contributed by atoms with Crippen LogP contribution in [-0.2, 0) is 0 Å². The molecule has 0 radical (unpaired) electrons. The summed E-state index contributed by atoms with van der Waals surface area (Å²) in [7, 11) is 0. The number of ether oxygens (including phenoxy) is 1. The topological polar surface area (TPSA) is 74.7 Å². The molecule has 2 aliphatic heterocycles. The average molecular weight is 554 g/mol. The molecule has 2 heterocycles. The van der Waals surface area contributed by atoms with Crippen molar-refractivity contribution in [3.8, 4) is 5.75 Å². The van der Waals surface area contributed by atoms with Crippen LogP contribution in [0.4, 0.5) is 5.69 Å². The number of unbranched alkanes of at least 4 members (excludes halogenated alkanes) is 1. The van der Waals surface area contributed by atoms with Gasteiger partial charge in [0.2, 0.25) is 0 Å². The Kier molecular flexibility index (Phi) is 13.0. The molecule has 2 aromatic carbocycles. The van der Waals surface area contributed by atoms with E-state index >= 15 is 0 Å². The van der Waals surface area contributed by atoms with Gasteiger partial charge in [-0.2, -0.15) is 0 Å². The Morgan fingerprint density at radius 1 is 0.800 bits per heavy atom. The van der Waals surface area contributed by atoms with Crippen molar-refractivity contribution >= 4 is 5.69 Å². The summed E-state index contributed by atoms with van der Waals surface area (Å²) in [5.74, 6) is 0.811. The highest BCUT2D eigenvalue weighted by Crippen LogP contribution is 2.21. The molecule has 0 amide bonds. The molecule has 8 nitrogen and oxygen atoms in total. The number of piperazine rings is 2. The predicted octanol–water partition coefficient (Wildman–Crippen LogP) is 2.68. The van der Waals surface area contributed by atoms with Gasteiger partial charge in [-0.25, -0.2) is 0 Å². The number of β-amino-alcohol motifs (C(OH)–C–C–N with tert-alkyl or cyclic N) is 2. The maximum atomic E-state index is 10.6. The van der Waals surface area contributed by atoms with Crippen LogP contribution in [0.25, 0.3) is 0 Å². The highest BCUT2D eigenvalue weighted by Gasteiger charge is 2.20. The number of hydrogen-bond acceptors (Lipinski definition) is 8. The standard InChI is InChI=1S/C32H51N5O3/c1-2-32(33-14-6-7-15-34-16-18-35(19-17-34)24-25-38)28-10-12-31(13-11-28)40-27-30(39)26-36-20-22-37(23-21-36)29-8-4-3-5-9-29/h3-5,8-13,30,32-33,38-39H,2,6-7,14-27H2,1H3. The van der Waals surface area contributed by atoms with Crippen LogP contribution in [0, 0.1) is 0 Å². The minimum Gasteiger partial charge on any atom is -0.491 e. The van der Waals surface area contributed by atoms with Gasteiger partial charge in [0.05, 0.1) is 6.61 Å². The Balaban J connectivity index is 1.08. The number of nitrogens with one attached hydrogen (secondary N) is 1. The number of rotatable bonds is 16. The molecular formula is C32H51N5O3. The lowest BCUT2D eigenvalue weighted by Crippen LogP contribution is -2.49. The minimum atomic E-state index is -0.502. The molecule has 3 N–H and O–H groups in total. The Hall–Kier alpha value is -2.20. The third kappa shape index (κ3) is 10.0. The molecule has 0 aromatic heterocycles. The van der Waals surface area contributed by atoms with Gasteiger partial charge < -0.3 is 30.1 Å². The first kappa shape index (κ1) is 30.8. The van der Waals surface area contributed by atoms with Crippen LogP contribution in [0.15, 0.2) is 54.6 Å². The molecule has 8 heteroatoms. The fraction of sp³-hybridized carbons (Fsp3) is 0.625. The summed E-state index contributed by atoms with van der Waals surface area (Å²) < 4.78 is 5.93. The van der Waals surface area contributed by atoms with Crippen LogP contribution in [0.3, 0.4) is 0 Å². The summed E-state index contributed by atoms with van der Waals surface area (Å²) in [6.07, 6.45) is 2.93. The van der Waals surface area contributed by atoms with E-state index in [4.69, 9.17) is 9.84 Å². The van der Waals surface area contributed by atoms with E-state index in [0.29, 0.717) is 19.2 Å². The van der Waals surface area contributed by atoms with Gasteiger partial charge in [-0.3, -0.25) is 9.80 Å². The first-order valence-corrected chi connectivity index (χ1v) is 15.4. The molecule has 0 bridgehead atoms. The van der Waals surface area contributed by atoms with E-state index < -0.39 is 6.10 Å². The predicted molar refractivity (Wildman–Crippen MR) is 163 cm³/mol. The highest BCUT2D eigenvalue weighted by atomic mass is 16.5. The number of nitrogens with zero attached hydrogens (tertiary/aromatic N) is 4. The van der Waals surface area contributed by atoms with Crippen molar-refractivity contribution < 1.29 is 14.9 Å². The number of aliphatic hydroxyl groups excluding tert-OH is 2. The largest absolute Gasteiger partial charge is 0.491 e. The normalized spacial score (nSPS) is 19.0. The first-order valence-electron chi connectivity index (χ1n) is 15.4. The minimum absolute atomic E-state index is 0.261. The van der Waals surface area contributed by atoms with E-state index in [1.807, 2.05) is 12.1 Å². The molecule has 0 aliphatic carbocycles. The van der Waals surface area contributed by atoms with Gasteiger partial charge in [-0.05, 0) is 62.2 Å². The summed E-state index contributed by atoms with van der Waals surface area (Å²) in [6.45, 7) is 14.7. The van der Waals surface area contributed by atoms with Crippen molar-refractivity contribution in [2.45, 2.75) is 38.3 Å². The van der Waals surface area contributed by atoms with Gasteiger partial charge in [0.1, 0.15) is 18.5 Å². The van der Waals surface area contributed by atoms with Crippen molar-refractivity contribution in [2.24, 2.45) is 0 Å². The summed E-state index contributed by atoms with van der Waals surface area (Å²) in [4.78, 5) is 9.63. The number of para-hydroxylation sites is 1. The molecular weight excluding hydrogens is 502 g/mol. The van der Waals surface area contributed by atoms with Crippen LogP contribution in [-0.4, -0.2) is 123 Å². The van der Waals surface area contributed by atoms with Gasteiger partial charge in [-0.1, -0.05) is 37.3 Å². The molecule has 2 unspecified atom stereocenters. The van der Waals surface area contributed by atoms with E-state index in [2.05, 4.69) is 74.3 Å². The lowest BCUT2D eigenvalue weighted by atomic mass is 10.0. The molecule has 0 spiro atoms. The average Bonchev–Trinajstić information content (AvgIpc) is 3.00. The number of hydrogen-bond donors (Lipinski definition) is 3. The van der Waals surface area contributed by atoms with Gasteiger partial charge in [0.25, 0.3) is 0 Å². The Bertz CT molecular complexity index is 931. The number of benzene rings is 2. The zero-order valence-corrected chi connectivity index (χ0v) is 24.5. The lowest BCUT2D eigenvalue weighted by molar-refractivity contribution is 0.0663. The molecule has 2 aromatic rings. The van der Waals surface area contributed by atoms with Crippen molar-refractivity contribution in [3.63, 3.8) is 0 Å². The van der Waals surface area contributed by atoms with Crippen LogP contribution in [0.1, 0.15) is 37.8 Å².